The van der Waals surface area contributed by atoms with Crippen molar-refractivity contribution in [2.45, 2.75) is 44.9 Å². The molecule has 2 aliphatic rings. The Morgan fingerprint density at radius 3 is 2.42 bits per heavy atom. The Labute approximate surface area is 218 Å². The van der Waals surface area contributed by atoms with E-state index in [9.17, 15) is 18.4 Å². The Kier molecular flexibility index (Phi) is 7.21. The third kappa shape index (κ3) is 5.90. The zero-order valence-corrected chi connectivity index (χ0v) is 20.8. The van der Waals surface area contributed by atoms with Gasteiger partial charge in [-0.3, -0.25) is 9.59 Å². The fourth-order valence-corrected chi connectivity index (χ4v) is 5.38. The fourth-order valence-electron chi connectivity index (χ4n) is 5.38. The van der Waals surface area contributed by atoms with E-state index in [2.05, 4.69) is 30.7 Å². The van der Waals surface area contributed by atoms with Gasteiger partial charge in [0.25, 0.3) is 0 Å². The molecule has 2 aromatic heterocycles. The molecule has 0 radical (unpaired) electrons. The lowest BCUT2D eigenvalue weighted by Crippen LogP contribution is -2.42. The van der Waals surface area contributed by atoms with Gasteiger partial charge in [-0.15, -0.1) is 5.10 Å². The first kappa shape index (κ1) is 25.6. The second-order valence-corrected chi connectivity index (χ2v) is 10.1. The van der Waals surface area contributed by atoms with Crippen LogP contribution in [0.2, 0.25) is 0 Å². The van der Waals surface area contributed by atoms with Crippen LogP contribution in [0.5, 0.6) is 0 Å². The number of nitrogens with two attached hydrogens (primary N) is 1. The number of nitrogens with one attached hydrogen (secondary N) is 2. The molecule has 0 bridgehead atoms. The van der Waals surface area contributed by atoms with Crippen LogP contribution in [0.1, 0.15) is 55.6 Å². The van der Waals surface area contributed by atoms with E-state index >= 15 is 0 Å². The summed E-state index contributed by atoms with van der Waals surface area (Å²) in [4.78, 5) is 30.5. The molecule has 0 atom stereocenters. The minimum absolute atomic E-state index is 0.140. The molecule has 1 aromatic carbocycles. The van der Waals surface area contributed by atoms with E-state index in [1.54, 1.807) is 12.3 Å². The molecule has 2 amide bonds. The number of hydrogen-bond donors (Lipinski definition) is 3. The van der Waals surface area contributed by atoms with Crippen LogP contribution in [-0.2, 0) is 4.79 Å². The summed E-state index contributed by atoms with van der Waals surface area (Å²) in [6.07, 6.45) is 8.68. The minimum atomic E-state index is -1.03. The summed E-state index contributed by atoms with van der Waals surface area (Å²) in [5.74, 6) is -1.87. The molecule has 38 heavy (non-hydrogen) atoms. The summed E-state index contributed by atoms with van der Waals surface area (Å²) in [7, 11) is 0. The van der Waals surface area contributed by atoms with Gasteiger partial charge >= 0.3 is 17.8 Å². The highest BCUT2D eigenvalue weighted by molar-refractivity contribution is 6.00. The average molecular weight is 526 g/mol. The van der Waals surface area contributed by atoms with E-state index in [4.69, 9.17) is 10.2 Å². The number of nitrogens with zero attached hydrogens (tertiary/aromatic N) is 4. The number of pyridine rings is 1. The highest BCUT2D eigenvalue weighted by atomic mass is 19.2. The van der Waals surface area contributed by atoms with Crippen molar-refractivity contribution in [3.05, 3.63) is 54.1 Å². The molecule has 200 valence electrons. The SMILES string of the molecule is NC(=O)CC1CCC2(CC1)CCN(c1ccc(NC(=O)c3nnc(Nc4ccc(F)c(F)c4)o3)cn1)CC2. The lowest BCUT2D eigenvalue weighted by molar-refractivity contribution is -0.119. The van der Waals surface area contributed by atoms with Crippen LogP contribution in [0.25, 0.3) is 0 Å². The standard InChI is InChI=1S/C26H29F2N7O3/c27-19-3-1-17(14-20(19)28)32-25-34-33-24(38-25)23(37)31-18-2-4-22(30-15-18)35-11-9-26(10-12-35)7-5-16(6-8-26)13-21(29)36/h1-4,14-16H,5-13H2,(H2,29,36)(H,31,37)(H,32,34). The molecule has 2 fully saturated rings. The number of benzene rings is 1. The second kappa shape index (κ2) is 10.7. The molecule has 1 aliphatic carbocycles. The van der Waals surface area contributed by atoms with Gasteiger partial charge in [-0.05, 0) is 74.1 Å². The summed E-state index contributed by atoms with van der Waals surface area (Å²) < 4.78 is 31.7. The summed E-state index contributed by atoms with van der Waals surface area (Å²) in [6.45, 7) is 1.82. The maximum absolute atomic E-state index is 13.4. The highest BCUT2D eigenvalue weighted by Gasteiger charge is 2.38. The van der Waals surface area contributed by atoms with Gasteiger partial charge in [-0.2, -0.15) is 0 Å². The number of carbonyl (C=O) groups is 2. The third-order valence-electron chi connectivity index (χ3n) is 7.60. The molecule has 10 nitrogen and oxygen atoms in total. The molecule has 4 N–H and O–H groups in total. The van der Waals surface area contributed by atoms with Crippen molar-refractivity contribution < 1.29 is 22.8 Å². The van der Waals surface area contributed by atoms with Gasteiger partial charge < -0.3 is 25.7 Å². The Bertz CT molecular complexity index is 1300. The number of primary amides is 1. The van der Waals surface area contributed by atoms with E-state index in [-0.39, 0.29) is 23.5 Å². The lowest BCUT2D eigenvalue weighted by atomic mass is 9.65. The molecule has 0 unspecified atom stereocenters. The number of aromatic nitrogens is 3. The van der Waals surface area contributed by atoms with Crippen molar-refractivity contribution in [3.8, 4) is 0 Å². The van der Waals surface area contributed by atoms with Crippen LogP contribution in [0.3, 0.4) is 0 Å². The monoisotopic (exact) mass is 525 g/mol. The van der Waals surface area contributed by atoms with E-state index in [1.807, 2.05) is 6.07 Å². The molecular formula is C26H29F2N7O3. The zero-order valence-electron chi connectivity index (χ0n) is 20.8. The van der Waals surface area contributed by atoms with Crippen molar-refractivity contribution in [2.24, 2.45) is 17.1 Å². The van der Waals surface area contributed by atoms with Crippen LogP contribution in [0.4, 0.5) is 32.0 Å². The molecular weight excluding hydrogens is 496 g/mol. The molecule has 1 saturated carbocycles. The normalized spacial score (nSPS) is 17.4. The van der Waals surface area contributed by atoms with Gasteiger partial charge in [0.05, 0.1) is 11.9 Å². The Balaban J connectivity index is 1.12. The van der Waals surface area contributed by atoms with Gasteiger partial charge in [-0.25, -0.2) is 13.8 Å². The van der Waals surface area contributed by atoms with E-state index < -0.39 is 17.5 Å². The highest BCUT2D eigenvalue weighted by Crippen LogP contribution is 2.47. The molecule has 1 aliphatic heterocycles. The van der Waals surface area contributed by atoms with Gasteiger partial charge in [0.1, 0.15) is 5.82 Å². The number of halogens is 2. The van der Waals surface area contributed by atoms with Crippen LogP contribution >= 0.6 is 0 Å². The zero-order chi connectivity index (χ0) is 26.7. The summed E-state index contributed by atoms with van der Waals surface area (Å²) in [5, 5.41) is 12.7. The fraction of sp³-hybridized carbons (Fsp3) is 0.423. The molecule has 3 aromatic rings. The largest absolute Gasteiger partial charge is 0.399 e. The summed E-state index contributed by atoms with van der Waals surface area (Å²) >= 11 is 0. The quantitative estimate of drug-likeness (QED) is 0.413. The van der Waals surface area contributed by atoms with E-state index in [1.165, 1.54) is 6.07 Å². The van der Waals surface area contributed by atoms with E-state index in [0.29, 0.717) is 23.4 Å². The lowest BCUT2D eigenvalue weighted by Gasteiger charge is -2.46. The van der Waals surface area contributed by atoms with Gasteiger partial charge in [0.2, 0.25) is 5.91 Å². The van der Waals surface area contributed by atoms with Gasteiger partial charge in [0.15, 0.2) is 11.6 Å². The first-order valence-electron chi connectivity index (χ1n) is 12.6. The maximum atomic E-state index is 13.4. The number of anilines is 4. The molecule has 3 heterocycles. The summed E-state index contributed by atoms with van der Waals surface area (Å²) in [6, 6.07) is 6.68. The van der Waals surface area contributed by atoms with Crippen molar-refractivity contribution in [2.75, 3.05) is 28.6 Å². The predicted molar refractivity (Wildman–Crippen MR) is 136 cm³/mol. The molecule has 1 saturated heterocycles. The van der Waals surface area contributed by atoms with E-state index in [0.717, 1.165) is 69.6 Å². The number of rotatable bonds is 7. The van der Waals surface area contributed by atoms with Crippen LogP contribution in [-0.4, -0.2) is 40.1 Å². The van der Waals surface area contributed by atoms with Crippen LogP contribution < -0.4 is 21.3 Å². The van der Waals surface area contributed by atoms with Gasteiger partial charge in [0, 0.05) is 31.3 Å². The number of hydrogen-bond acceptors (Lipinski definition) is 8. The predicted octanol–water partition coefficient (Wildman–Crippen LogP) is 4.39. The minimum Gasteiger partial charge on any atom is -0.399 e. The molecule has 12 heteroatoms. The van der Waals surface area contributed by atoms with Crippen LogP contribution in [0, 0.1) is 23.0 Å². The first-order valence-corrected chi connectivity index (χ1v) is 12.6. The smallest absolute Gasteiger partial charge is 0.320 e. The number of carbonyl (C=O) groups excluding carboxylic acids is 2. The average Bonchev–Trinajstić information content (AvgIpc) is 3.37. The van der Waals surface area contributed by atoms with Crippen molar-refractivity contribution >= 4 is 35.0 Å². The van der Waals surface area contributed by atoms with Crippen molar-refractivity contribution in [1.82, 2.24) is 15.2 Å². The van der Waals surface area contributed by atoms with Crippen LogP contribution in [0.15, 0.2) is 40.9 Å². The first-order chi connectivity index (χ1) is 18.3. The van der Waals surface area contributed by atoms with Crippen molar-refractivity contribution in [1.29, 1.82) is 0 Å². The third-order valence-corrected chi connectivity index (χ3v) is 7.60. The maximum Gasteiger partial charge on any atom is 0.320 e. The number of amides is 2. The Morgan fingerprint density at radius 2 is 1.76 bits per heavy atom. The Morgan fingerprint density at radius 1 is 1.03 bits per heavy atom. The topological polar surface area (TPSA) is 139 Å². The Hall–Kier alpha value is -4.09. The molecule has 5 rings (SSSR count). The number of piperidine rings is 1. The summed E-state index contributed by atoms with van der Waals surface area (Å²) in [5.41, 5.74) is 6.38. The molecule has 1 spiro atoms. The van der Waals surface area contributed by atoms with Gasteiger partial charge in [-0.1, -0.05) is 5.10 Å². The second-order valence-electron chi connectivity index (χ2n) is 10.1. The van der Waals surface area contributed by atoms with Crippen molar-refractivity contribution in [3.63, 3.8) is 0 Å².